The fourth-order valence-corrected chi connectivity index (χ4v) is 1.87. The number of aryl methyl sites for hydroxylation is 4. The molecule has 2 aromatic heterocycles. The highest BCUT2D eigenvalue weighted by Crippen LogP contribution is 2.26. The average molecular weight is 267 g/mol. The third-order valence-electron chi connectivity index (χ3n) is 2.95. The van der Waals surface area contributed by atoms with Crippen LogP contribution in [0, 0.1) is 20.8 Å². The van der Waals surface area contributed by atoms with Gasteiger partial charge >= 0.3 is 6.61 Å². The molecule has 4 nitrogen and oxygen atoms in total. The third kappa shape index (κ3) is 2.72. The second-order valence-electron chi connectivity index (χ2n) is 4.43. The molecule has 6 heteroatoms. The van der Waals surface area contributed by atoms with E-state index in [1.54, 1.807) is 7.05 Å². The minimum Gasteiger partial charge on any atom is -0.417 e. The molecule has 0 atom stereocenters. The van der Waals surface area contributed by atoms with Crippen LogP contribution < -0.4 is 4.74 Å². The van der Waals surface area contributed by atoms with E-state index in [0.29, 0.717) is 11.4 Å². The summed E-state index contributed by atoms with van der Waals surface area (Å²) in [5.74, 6) is 0.0180. The van der Waals surface area contributed by atoms with Gasteiger partial charge in [0.1, 0.15) is 5.69 Å². The number of hydrogen-bond acceptors (Lipinski definition) is 3. The van der Waals surface area contributed by atoms with E-state index in [2.05, 4.69) is 14.8 Å². The van der Waals surface area contributed by atoms with Crippen molar-refractivity contribution in [3.63, 3.8) is 0 Å². The first kappa shape index (κ1) is 13.5. The van der Waals surface area contributed by atoms with Crippen molar-refractivity contribution in [3.8, 4) is 17.3 Å². The van der Waals surface area contributed by atoms with Gasteiger partial charge < -0.3 is 4.74 Å². The molecule has 0 saturated heterocycles. The Morgan fingerprint density at radius 1 is 1.16 bits per heavy atom. The summed E-state index contributed by atoms with van der Waals surface area (Å²) in [5, 5.41) is 4.16. The van der Waals surface area contributed by atoms with Gasteiger partial charge in [-0.15, -0.1) is 0 Å². The molecule has 19 heavy (non-hydrogen) atoms. The Hall–Kier alpha value is -1.98. The van der Waals surface area contributed by atoms with Crippen molar-refractivity contribution in [1.82, 2.24) is 14.8 Å². The second-order valence-corrected chi connectivity index (χ2v) is 4.43. The predicted molar refractivity (Wildman–Crippen MR) is 67.3 cm³/mol. The van der Waals surface area contributed by atoms with Gasteiger partial charge in [0.2, 0.25) is 5.88 Å². The molecule has 2 heterocycles. The smallest absolute Gasteiger partial charge is 0.388 e. The van der Waals surface area contributed by atoms with E-state index in [1.807, 2.05) is 26.8 Å². The zero-order valence-electron chi connectivity index (χ0n) is 11.2. The SMILES string of the molecule is Cc1cc(C)c(-c2cc(OC(F)F)n(C)n2)nc1C. The standard InChI is InChI=1S/C13H15F2N3O/c1-7-5-8(2)12(16-9(7)3)10-6-11(18(4)17-10)19-13(14)15/h5-6,13H,1-4H3. The third-order valence-corrected chi connectivity index (χ3v) is 2.95. The van der Waals surface area contributed by atoms with Crippen LogP contribution in [0.3, 0.4) is 0 Å². The number of ether oxygens (including phenoxy) is 1. The molecule has 2 rings (SSSR count). The predicted octanol–water partition coefficient (Wildman–Crippen LogP) is 3.01. The minimum absolute atomic E-state index is 0.0180. The highest BCUT2D eigenvalue weighted by molar-refractivity contribution is 5.60. The molecule has 0 unspecified atom stereocenters. The van der Waals surface area contributed by atoms with E-state index in [4.69, 9.17) is 0 Å². The Bertz CT molecular complexity index is 608. The largest absolute Gasteiger partial charge is 0.417 e. The Kier molecular flexibility index (Phi) is 3.50. The van der Waals surface area contributed by atoms with Crippen molar-refractivity contribution in [3.05, 3.63) is 29.0 Å². The van der Waals surface area contributed by atoms with Crippen LogP contribution in [0.5, 0.6) is 5.88 Å². The van der Waals surface area contributed by atoms with Gasteiger partial charge in [-0.2, -0.15) is 13.9 Å². The Labute approximate surface area is 110 Å². The Morgan fingerprint density at radius 2 is 1.84 bits per heavy atom. The van der Waals surface area contributed by atoms with Gasteiger partial charge in [0.05, 0.1) is 5.69 Å². The summed E-state index contributed by atoms with van der Waals surface area (Å²) in [5.41, 5.74) is 4.13. The van der Waals surface area contributed by atoms with Crippen LogP contribution in [0.15, 0.2) is 12.1 Å². The molecular formula is C13H15F2N3O. The molecule has 0 fully saturated rings. The molecule has 0 aliphatic rings. The van der Waals surface area contributed by atoms with Crippen LogP contribution in [0.25, 0.3) is 11.4 Å². The van der Waals surface area contributed by atoms with Crippen LogP contribution in [-0.4, -0.2) is 21.4 Å². The molecule has 102 valence electrons. The van der Waals surface area contributed by atoms with E-state index in [9.17, 15) is 8.78 Å². The first-order valence-corrected chi connectivity index (χ1v) is 5.82. The first-order chi connectivity index (χ1) is 8.88. The van der Waals surface area contributed by atoms with Gasteiger partial charge in [0.15, 0.2) is 0 Å². The quantitative estimate of drug-likeness (QED) is 0.858. The number of aromatic nitrogens is 3. The molecule has 0 aliphatic carbocycles. The lowest BCUT2D eigenvalue weighted by Crippen LogP contribution is -2.05. The zero-order chi connectivity index (χ0) is 14.2. The van der Waals surface area contributed by atoms with E-state index in [0.717, 1.165) is 16.8 Å². The fourth-order valence-electron chi connectivity index (χ4n) is 1.87. The maximum absolute atomic E-state index is 12.2. The van der Waals surface area contributed by atoms with Gasteiger partial charge in [-0.05, 0) is 31.9 Å². The Morgan fingerprint density at radius 3 is 2.47 bits per heavy atom. The summed E-state index contributed by atoms with van der Waals surface area (Å²) in [6.45, 7) is 2.93. The van der Waals surface area contributed by atoms with Gasteiger partial charge in [-0.25, -0.2) is 4.68 Å². The lowest BCUT2D eigenvalue weighted by Gasteiger charge is -2.06. The van der Waals surface area contributed by atoms with E-state index in [1.165, 1.54) is 10.7 Å². The zero-order valence-corrected chi connectivity index (χ0v) is 11.2. The van der Waals surface area contributed by atoms with Crippen molar-refractivity contribution in [2.24, 2.45) is 7.05 Å². The van der Waals surface area contributed by atoms with Crippen LogP contribution in [-0.2, 0) is 7.05 Å². The minimum atomic E-state index is -2.86. The maximum atomic E-state index is 12.2. The number of nitrogens with zero attached hydrogens (tertiary/aromatic N) is 3. The maximum Gasteiger partial charge on any atom is 0.388 e. The molecule has 0 aliphatic heterocycles. The lowest BCUT2D eigenvalue weighted by atomic mass is 10.1. The summed E-state index contributed by atoms with van der Waals surface area (Å²) in [6.07, 6.45) is 0. The van der Waals surface area contributed by atoms with Crippen LogP contribution in [0.4, 0.5) is 8.78 Å². The average Bonchev–Trinajstić information content (AvgIpc) is 2.64. The topological polar surface area (TPSA) is 39.9 Å². The molecule has 0 bridgehead atoms. The summed E-state index contributed by atoms with van der Waals surface area (Å²) >= 11 is 0. The number of halogens is 2. The van der Waals surface area contributed by atoms with Crippen molar-refractivity contribution < 1.29 is 13.5 Å². The molecule has 0 spiro atoms. The molecular weight excluding hydrogens is 252 g/mol. The number of hydrogen-bond donors (Lipinski definition) is 0. The molecule has 2 aromatic rings. The summed E-state index contributed by atoms with van der Waals surface area (Å²) in [6, 6.07) is 3.47. The monoisotopic (exact) mass is 267 g/mol. The van der Waals surface area contributed by atoms with Crippen LogP contribution in [0.2, 0.25) is 0 Å². The molecule has 0 N–H and O–H groups in total. The number of pyridine rings is 1. The highest BCUT2D eigenvalue weighted by atomic mass is 19.3. The molecule has 0 radical (unpaired) electrons. The second kappa shape index (κ2) is 4.95. The van der Waals surface area contributed by atoms with Crippen LogP contribution >= 0.6 is 0 Å². The molecule has 0 amide bonds. The lowest BCUT2D eigenvalue weighted by molar-refractivity contribution is -0.0553. The summed E-state index contributed by atoms with van der Waals surface area (Å²) < 4.78 is 30.1. The van der Waals surface area contributed by atoms with Crippen molar-refractivity contribution in [1.29, 1.82) is 0 Å². The van der Waals surface area contributed by atoms with E-state index < -0.39 is 6.61 Å². The summed E-state index contributed by atoms with van der Waals surface area (Å²) in [7, 11) is 1.55. The van der Waals surface area contributed by atoms with Gasteiger partial charge in [0, 0.05) is 18.8 Å². The van der Waals surface area contributed by atoms with Crippen molar-refractivity contribution in [2.45, 2.75) is 27.4 Å². The first-order valence-electron chi connectivity index (χ1n) is 5.82. The molecule has 0 aromatic carbocycles. The number of rotatable bonds is 3. The van der Waals surface area contributed by atoms with E-state index >= 15 is 0 Å². The van der Waals surface area contributed by atoms with E-state index in [-0.39, 0.29) is 5.88 Å². The van der Waals surface area contributed by atoms with Crippen LogP contribution in [0.1, 0.15) is 16.8 Å². The summed E-state index contributed by atoms with van der Waals surface area (Å²) in [4.78, 5) is 4.46. The molecule has 0 saturated carbocycles. The van der Waals surface area contributed by atoms with Gasteiger partial charge in [0.25, 0.3) is 0 Å². The normalized spacial score (nSPS) is 11.1. The van der Waals surface area contributed by atoms with Gasteiger partial charge in [-0.1, -0.05) is 6.07 Å². The van der Waals surface area contributed by atoms with Crippen molar-refractivity contribution >= 4 is 0 Å². The van der Waals surface area contributed by atoms with Crippen molar-refractivity contribution in [2.75, 3.05) is 0 Å². The fraction of sp³-hybridized carbons (Fsp3) is 0.385. The van der Waals surface area contributed by atoms with Gasteiger partial charge in [-0.3, -0.25) is 4.98 Å². The Balaban J connectivity index is 2.45. The highest BCUT2D eigenvalue weighted by Gasteiger charge is 2.15. The number of alkyl halides is 2.